The molecular weight excluding hydrogens is 398 g/mol. The van der Waals surface area contributed by atoms with Gasteiger partial charge in [-0.1, -0.05) is 68.4 Å². The first-order valence-electron chi connectivity index (χ1n) is 10.6. The fourth-order valence-corrected chi connectivity index (χ4v) is 6.78. The van der Waals surface area contributed by atoms with Crippen molar-refractivity contribution in [2.75, 3.05) is 0 Å². The molecule has 6 aromatic rings. The van der Waals surface area contributed by atoms with Gasteiger partial charge in [-0.3, -0.25) is 4.98 Å². The molecule has 0 aliphatic heterocycles. The molecule has 0 atom stereocenters. The molecule has 31 heavy (non-hydrogen) atoms. The summed E-state index contributed by atoms with van der Waals surface area (Å²) in [5.74, 6) is 0. The number of fused-ring (bicyclic) bond motifs is 8. The molecule has 2 nitrogen and oxygen atoms in total. The van der Waals surface area contributed by atoms with Gasteiger partial charge >= 0.3 is 0 Å². The monoisotopic (exact) mass is 417 g/mol. The molecule has 7 rings (SSSR count). The minimum absolute atomic E-state index is 0.0873. The average Bonchev–Trinajstić information content (AvgIpc) is 3.42. The van der Waals surface area contributed by atoms with Gasteiger partial charge in [-0.15, -0.1) is 11.3 Å². The fraction of sp³-hybridized carbons (Fsp3) is 0.107. The largest absolute Gasteiger partial charge is 0.454 e. The average molecular weight is 418 g/mol. The Kier molecular flexibility index (Phi) is 3.25. The molecule has 0 radical (unpaired) electrons. The SMILES string of the molecule is CC1(C)c2c(-c3cc4c(cn3)oc3ccccc34)cccc2-c2sc3ccccc3c21. The van der Waals surface area contributed by atoms with Crippen molar-refractivity contribution in [1.82, 2.24) is 4.98 Å². The summed E-state index contributed by atoms with van der Waals surface area (Å²) in [5.41, 5.74) is 8.04. The van der Waals surface area contributed by atoms with Crippen LogP contribution in [0.3, 0.4) is 0 Å². The van der Waals surface area contributed by atoms with Crippen LogP contribution in [0, 0.1) is 0 Å². The van der Waals surface area contributed by atoms with Crippen molar-refractivity contribution in [3.05, 3.63) is 90.1 Å². The van der Waals surface area contributed by atoms with Crippen LogP contribution in [0.5, 0.6) is 0 Å². The zero-order chi connectivity index (χ0) is 20.7. The molecule has 3 aromatic heterocycles. The van der Waals surface area contributed by atoms with Crippen LogP contribution >= 0.6 is 11.3 Å². The predicted molar refractivity (Wildman–Crippen MR) is 130 cm³/mol. The number of thiophene rings is 1. The predicted octanol–water partition coefficient (Wildman–Crippen LogP) is 8.17. The van der Waals surface area contributed by atoms with Gasteiger partial charge in [-0.05, 0) is 40.3 Å². The van der Waals surface area contributed by atoms with Gasteiger partial charge in [0.1, 0.15) is 5.58 Å². The standard InChI is InChI=1S/C28H19NOS/c1-28(2)25-17(21-14-20-16-8-3-5-12-22(16)30-23(20)15-29-21)10-7-11-19(25)27-26(28)18-9-4-6-13-24(18)31-27/h3-15H,1-2H3. The second-order valence-corrected chi connectivity index (χ2v) is 9.87. The minimum Gasteiger partial charge on any atom is -0.454 e. The number of pyridine rings is 1. The van der Waals surface area contributed by atoms with Crippen LogP contribution < -0.4 is 0 Å². The maximum Gasteiger partial charge on any atom is 0.153 e. The molecule has 0 spiro atoms. The van der Waals surface area contributed by atoms with Crippen LogP contribution in [0.1, 0.15) is 25.0 Å². The zero-order valence-electron chi connectivity index (χ0n) is 17.3. The van der Waals surface area contributed by atoms with E-state index in [-0.39, 0.29) is 5.41 Å². The topological polar surface area (TPSA) is 26.0 Å². The molecule has 3 heteroatoms. The Morgan fingerprint density at radius 2 is 1.52 bits per heavy atom. The molecule has 3 heterocycles. The molecule has 3 aromatic carbocycles. The van der Waals surface area contributed by atoms with Crippen LogP contribution in [0.15, 0.2) is 83.4 Å². The molecular formula is C28H19NOS. The Bertz CT molecular complexity index is 1670. The van der Waals surface area contributed by atoms with E-state index in [4.69, 9.17) is 9.40 Å². The molecule has 0 amide bonds. The second kappa shape index (κ2) is 5.83. The molecule has 1 aliphatic rings. The highest BCUT2D eigenvalue weighted by molar-refractivity contribution is 7.22. The third kappa shape index (κ3) is 2.19. The van der Waals surface area contributed by atoms with Gasteiger partial charge in [0.15, 0.2) is 5.58 Å². The van der Waals surface area contributed by atoms with Gasteiger partial charge in [0.05, 0.1) is 11.9 Å². The molecule has 0 N–H and O–H groups in total. The van der Waals surface area contributed by atoms with E-state index in [1.807, 2.05) is 29.7 Å². The van der Waals surface area contributed by atoms with E-state index in [9.17, 15) is 0 Å². The van der Waals surface area contributed by atoms with E-state index in [1.165, 1.54) is 37.2 Å². The third-order valence-electron chi connectivity index (χ3n) is 6.70. The Morgan fingerprint density at radius 3 is 2.42 bits per heavy atom. The molecule has 0 bridgehead atoms. The van der Waals surface area contributed by atoms with E-state index in [0.717, 1.165) is 27.6 Å². The molecule has 0 fully saturated rings. The van der Waals surface area contributed by atoms with Crippen molar-refractivity contribution in [2.45, 2.75) is 19.3 Å². The van der Waals surface area contributed by atoms with Crippen molar-refractivity contribution >= 4 is 43.4 Å². The van der Waals surface area contributed by atoms with Gasteiger partial charge in [0, 0.05) is 31.3 Å². The van der Waals surface area contributed by atoms with Crippen molar-refractivity contribution in [2.24, 2.45) is 0 Å². The number of furan rings is 1. The van der Waals surface area contributed by atoms with Gasteiger partial charge in [-0.2, -0.15) is 0 Å². The summed E-state index contributed by atoms with van der Waals surface area (Å²) in [7, 11) is 0. The molecule has 148 valence electrons. The third-order valence-corrected chi connectivity index (χ3v) is 7.90. The number of hydrogen-bond acceptors (Lipinski definition) is 3. The lowest BCUT2D eigenvalue weighted by atomic mass is 9.78. The number of para-hydroxylation sites is 1. The van der Waals surface area contributed by atoms with Crippen LogP contribution in [0.4, 0.5) is 0 Å². The summed E-state index contributed by atoms with van der Waals surface area (Å²) < 4.78 is 7.36. The normalized spacial score (nSPS) is 14.4. The second-order valence-electron chi connectivity index (χ2n) is 8.82. The van der Waals surface area contributed by atoms with E-state index < -0.39 is 0 Å². The Morgan fingerprint density at radius 1 is 0.742 bits per heavy atom. The van der Waals surface area contributed by atoms with E-state index >= 15 is 0 Å². The number of hydrogen-bond donors (Lipinski definition) is 0. The van der Waals surface area contributed by atoms with Gasteiger partial charge in [-0.25, -0.2) is 0 Å². The maximum atomic E-state index is 6.00. The zero-order valence-corrected chi connectivity index (χ0v) is 18.1. The van der Waals surface area contributed by atoms with Crippen molar-refractivity contribution < 1.29 is 4.42 Å². The highest BCUT2D eigenvalue weighted by Gasteiger charge is 2.40. The van der Waals surface area contributed by atoms with E-state index in [1.54, 1.807) is 0 Å². The smallest absolute Gasteiger partial charge is 0.153 e. The molecule has 0 saturated heterocycles. The minimum atomic E-state index is -0.0873. The molecule has 0 saturated carbocycles. The Balaban J connectivity index is 1.52. The quantitative estimate of drug-likeness (QED) is 0.270. The lowest BCUT2D eigenvalue weighted by Crippen LogP contribution is -2.16. The van der Waals surface area contributed by atoms with E-state index in [0.29, 0.717) is 0 Å². The highest BCUT2D eigenvalue weighted by Crippen LogP contribution is 2.57. The van der Waals surface area contributed by atoms with Crippen molar-refractivity contribution in [3.8, 4) is 21.7 Å². The van der Waals surface area contributed by atoms with Crippen molar-refractivity contribution in [3.63, 3.8) is 0 Å². The number of aromatic nitrogens is 1. The number of benzene rings is 3. The first-order chi connectivity index (χ1) is 15.1. The van der Waals surface area contributed by atoms with Crippen LogP contribution in [-0.2, 0) is 5.41 Å². The van der Waals surface area contributed by atoms with Gasteiger partial charge < -0.3 is 4.42 Å². The summed E-state index contributed by atoms with van der Waals surface area (Å²) >= 11 is 1.91. The summed E-state index contributed by atoms with van der Waals surface area (Å²) in [6, 6.07) is 25.8. The van der Waals surface area contributed by atoms with Crippen molar-refractivity contribution in [1.29, 1.82) is 0 Å². The van der Waals surface area contributed by atoms with Crippen LogP contribution in [0.25, 0.3) is 53.7 Å². The lowest BCUT2D eigenvalue weighted by molar-refractivity contribution is 0.666. The Labute approximate surface area is 183 Å². The molecule has 1 aliphatic carbocycles. The van der Waals surface area contributed by atoms with Gasteiger partial charge in [0.25, 0.3) is 0 Å². The van der Waals surface area contributed by atoms with Crippen LogP contribution in [0.2, 0.25) is 0 Å². The fourth-order valence-electron chi connectivity index (χ4n) is 5.39. The first kappa shape index (κ1) is 17.3. The molecule has 0 unspecified atom stereocenters. The Hall–Kier alpha value is -3.43. The maximum absolute atomic E-state index is 6.00. The van der Waals surface area contributed by atoms with Crippen LogP contribution in [-0.4, -0.2) is 4.98 Å². The van der Waals surface area contributed by atoms with Gasteiger partial charge in [0.2, 0.25) is 0 Å². The number of rotatable bonds is 1. The summed E-state index contributed by atoms with van der Waals surface area (Å²) in [6.07, 6.45) is 1.87. The van der Waals surface area contributed by atoms with E-state index in [2.05, 4.69) is 74.5 Å². The first-order valence-corrected chi connectivity index (χ1v) is 11.4. The summed E-state index contributed by atoms with van der Waals surface area (Å²) in [4.78, 5) is 6.24. The summed E-state index contributed by atoms with van der Waals surface area (Å²) in [6.45, 7) is 4.71. The number of nitrogens with zero attached hydrogens (tertiary/aromatic N) is 1. The highest BCUT2D eigenvalue weighted by atomic mass is 32.1. The lowest BCUT2D eigenvalue weighted by Gasteiger charge is -2.24. The summed E-state index contributed by atoms with van der Waals surface area (Å²) in [5, 5.41) is 3.63.